The van der Waals surface area contributed by atoms with Crippen molar-refractivity contribution in [2.45, 2.75) is 78.4 Å². The van der Waals surface area contributed by atoms with E-state index in [1.54, 1.807) is 0 Å². The lowest BCUT2D eigenvalue weighted by atomic mass is 9.87. The highest BCUT2D eigenvalue weighted by molar-refractivity contribution is 5.02. The lowest BCUT2D eigenvalue weighted by molar-refractivity contribution is -0.00490. The van der Waals surface area contributed by atoms with Crippen LogP contribution in [-0.2, 0) is 0 Å². The third-order valence-corrected chi connectivity index (χ3v) is 5.28. The van der Waals surface area contributed by atoms with Crippen molar-refractivity contribution in [1.29, 1.82) is 0 Å². The molecule has 2 unspecified atom stereocenters. The van der Waals surface area contributed by atoms with E-state index in [1.165, 1.54) is 32.4 Å². The Balaban J connectivity index is 2.08. The Morgan fingerprint density at radius 2 is 1.79 bits per heavy atom. The maximum absolute atomic E-state index is 3.80. The minimum atomic E-state index is 0.395. The van der Waals surface area contributed by atoms with E-state index in [4.69, 9.17) is 0 Å². The molecule has 0 aromatic rings. The van der Waals surface area contributed by atoms with Crippen molar-refractivity contribution < 1.29 is 0 Å². The van der Waals surface area contributed by atoms with Crippen LogP contribution in [0.25, 0.3) is 0 Å². The number of hydrogen-bond acceptors (Lipinski definition) is 2. The Bertz CT molecular complexity index is 292. The maximum atomic E-state index is 3.80. The Morgan fingerprint density at radius 1 is 1.16 bits per heavy atom. The lowest BCUT2D eigenvalue weighted by Gasteiger charge is -2.51. The van der Waals surface area contributed by atoms with E-state index < -0.39 is 0 Å². The summed E-state index contributed by atoms with van der Waals surface area (Å²) in [5.41, 5.74) is 0.395. The van der Waals surface area contributed by atoms with Gasteiger partial charge in [0.2, 0.25) is 0 Å². The van der Waals surface area contributed by atoms with Gasteiger partial charge in [-0.05, 0) is 50.9 Å². The summed E-state index contributed by atoms with van der Waals surface area (Å²) in [6.07, 6.45) is 4.19. The molecule has 1 aliphatic heterocycles. The Morgan fingerprint density at radius 3 is 2.26 bits per heavy atom. The van der Waals surface area contributed by atoms with E-state index in [0.717, 1.165) is 17.8 Å². The maximum Gasteiger partial charge on any atom is 0.0249 e. The second kappa shape index (κ2) is 5.73. The molecule has 1 N–H and O–H groups in total. The average molecular weight is 266 g/mol. The molecular weight excluding hydrogens is 232 g/mol. The van der Waals surface area contributed by atoms with Crippen molar-refractivity contribution in [1.82, 2.24) is 10.2 Å². The van der Waals surface area contributed by atoms with Gasteiger partial charge in [0.25, 0.3) is 0 Å². The molecule has 1 saturated carbocycles. The SMILES string of the molecule is CC(C)CC1CN(C(C)(C)C2CC2)C(C(C)C)CN1. The first-order valence-electron chi connectivity index (χ1n) is 8.32. The number of rotatable bonds is 5. The average Bonchev–Trinajstić information content (AvgIpc) is 3.11. The molecule has 112 valence electrons. The van der Waals surface area contributed by atoms with Gasteiger partial charge in [0, 0.05) is 30.7 Å². The topological polar surface area (TPSA) is 15.3 Å². The predicted molar refractivity (Wildman–Crippen MR) is 83.4 cm³/mol. The zero-order valence-corrected chi connectivity index (χ0v) is 13.9. The fourth-order valence-corrected chi connectivity index (χ4v) is 3.84. The van der Waals surface area contributed by atoms with Crippen LogP contribution in [0.3, 0.4) is 0 Å². The molecule has 0 spiro atoms. The van der Waals surface area contributed by atoms with Crippen LogP contribution in [0, 0.1) is 17.8 Å². The van der Waals surface area contributed by atoms with Crippen molar-refractivity contribution in [2.24, 2.45) is 17.8 Å². The third-order valence-electron chi connectivity index (χ3n) is 5.28. The fourth-order valence-electron chi connectivity index (χ4n) is 3.84. The summed E-state index contributed by atoms with van der Waals surface area (Å²) in [5, 5.41) is 3.80. The van der Waals surface area contributed by atoms with E-state index in [0.29, 0.717) is 17.6 Å². The number of nitrogens with one attached hydrogen (secondary N) is 1. The molecule has 2 fully saturated rings. The van der Waals surface area contributed by atoms with Crippen LogP contribution in [0.1, 0.15) is 60.8 Å². The summed E-state index contributed by atoms with van der Waals surface area (Å²) in [5.74, 6) is 2.47. The third kappa shape index (κ3) is 3.52. The van der Waals surface area contributed by atoms with Crippen molar-refractivity contribution in [3.8, 4) is 0 Å². The highest BCUT2D eigenvalue weighted by Crippen LogP contribution is 2.44. The molecule has 2 nitrogen and oxygen atoms in total. The van der Waals surface area contributed by atoms with Crippen LogP contribution < -0.4 is 5.32 Å². The lowest BCUT2D eigenvalue weighted by Crippen LogP contribution is -2.64. The van der Waals surface area contributed by atoms with E-state index in [9.17, 15) is 0 Å². The van der Waals surface area contributed by atoms with Gasteiger partial charge in [0.05, 0.1) is 0 Å². The monoisotopic (exact) mass is 266 g/mol. The zero-order chi connectivity index (χ0) is 14.2. The Kier molecular flexibility index (Phi) is 4.62. The molecule has 0 aromatic carbocycles. The van der Waals surface area contributed by atoms with Gasteiger partial charge in [-0.25, -0.2) is 0 Å². The van der Waals surface area contributed by atoms with Crippen LogP contribution in [0.15, 0.2) is 0 Å². The minimum absolute atomic E-state index is 0.395. The van der Waals surface area contributed by atoms with Crippen LogP contribution in [-0.4, -0.2) is 35.6 Å². The van der Waals surface area contributed by atoms with Crippen molar-refractivity contribution in [3.63, 3.8) is 0 Å². The quantitative estimate of drug-likeness (QED) is 0.819. The van der Waals surface area contributed by atoms with Gasteiger partial charge in [-0.3, -0.25) is 4.90 Å². The Hall–Kier alpha value is -0.0800. The highest BCUT2D eigenvalue weighted by Gasteiger charge is 2.46. The minimum Gasteiger partial charge on any atom is -0.311 e. The summed E-state index contributed by atoms with van der Waals surface area (Å²) in [6, 6.07) is 1.40. The number of nitrogens with zero attached hydrogens (tertiary/aromatic N) is 1. The second-order valence-corrected chi connectivity index (χ2v) is 8.13. The molecule has 1 aliphatic carbocycles. The second-order valence-electron chi connectivity index (χ2n) is 8.13. The molecule has 19 heavy (non-hydrogen) atoms. The molecule has 2 aliphatic rings. The predicted octanol–water partition coefficient (Wildman–Crippen LogP) is 3.52. The standard InChI is InChI=1S/C17H34N2/c1-12(2)9-15-11-19(16(10-18-15)13(3)4)17(5,6)14-7-8-14/h12-16,18H,7-11H2,1-6H3. The van der Waals surface area contributed by atoms with Gasteiger partial charge in [-0.15, -0.1) is 0 Å². The van der Waals surface area contributed by atoms with Crippen LogP contribution in [0.4, 0.5) is 0 Å². The van der Waals surface area contributed by atoms with Gasteiger partial charge >= 0.3 is 0 Å². The molecule has 0 aromatic heterocycles. The van der Waals surface area contributed by atoms with Crippen LogP contribution in [0.5, 0.6) is 0 Å². The van der Waals surface area contributed by atoms with Crippen molar-refractivity contribution >= 4 is 0 Å². The van der Waals surface area contributed by atoms with Gasteiger partial charge < -0.3 is 5.32 Å². The van der Waals surface area contributed by atoms with Gasteiger partial charge in [-0.2, -0.15) is 0 Å². The van der Waals surface area contributed by atoms with E-state index in [1.807, 2.05) is 0 Å². The van der Waals surface area contributed by atoms with E-state index >= 15 is 0 Å². The van der Waals surface area contributed by atoms with Crippen LogP contribution in [0.2, 0.25) is 0 Å². The summed E-state index contributed by atoms with van der Waals surface area (Å²) in [4.78, 5) is 2.85. The summed E-state index contributed by atoms with van der Waals surface area (Å²) >= 11 is 0. The molecular formula is C17H34N2. The molecule has 2 heteroatoms. The molecule has 0 bridgehead atoms. The van der Waals surface area contributed by atoms with Crippen molar-refractivity contribution in [2.75, 3.05) is 13.1 Å². The summed E-state index contributed by atoms with van der Waals surface area (Å²) in [7, 11) is 0. The summed E-state index contributed by atoms with van der Waals surface area (Å²) < 4.78 is 0. The normalized spacial score (nSPS) is 30.3. The number of hydrogen-bond donors (Lipinski definition) is 1. The first-order chi connectivity index (χ1) is 8.82. The molecule has 1 saturated heterocycles. The molecule has 2 rings (SSSR count). The largest absolute Gasteiger partial charge is 0.311 e. The van der Waals surface area contributed by atoms with Gasteiger partial charge in [-0.1, -0.05) is 27.7 Å². The van der Waals surface area contributed by atoms with E-state index in [2.05, 4.69) is 51.8 Å². The van der Waals surface area contributed by atoms with E-state index in [-0.39, 0.29) is 0 Å². The molecule has 2 atom stereocenters. The van der Waals surface area contributed by atoms with Crippen molar-refractivity contribution in [3.05, 3.63) is 0 Å². The molecule has 0 amide bonds. The fraction of sp³-hybridized carbons (Fsp3) is 1.00. The first-order valence-corrected chi connectivity index (χ1v) is 8.32. The number of piperazine rings is 1. The smallest absolute Gasteiger partial charge is 0.0249 e. The first kappa shape index (κ1) is 15.3. The van der Waals surface area contributed by atoms with Crippen LogP contribution >= 0.6 is 0 Å². The zero-order valence-electron chi connectivity index (χ0n) is 13.9. The van der Waals surface area contributed by atoms with Gasteiger partial charge in [0.1, 0.15) is 0 Å². The summed E-state index contributed by atoms with van der Waals surface area (Å²) in [6.45, 7) is 16.8. The Labute approximate surface area is 120 Å². The highest BCUT2D eigenvalue weighted by atomic mass is 15.3. The molecule has 1 heterocycles. The van der Waals surface area contributed by atoms with Gasteiger partial charge in [0.15, 0.2) is 0 Å². The molecule has 0 radical (unpaired) electrons.